The number of halogens is 1. The van der Waals surface area contributed by atoms with Crippen molar-refractivity contribution in [2.75, 3.05) is 12.4 Å². The highest BCUT2D eigenvalue weighted by Crippen LogP contribution is 2.21. The second kappa shape index (κ2) is 7.05. The molecule has 0 aliphatic carbocycles. The monoisotopic (exact) mass is 290 g/mol. The number of aromatic nitrogens is 1. The van der Waals surface area contributed by atoms with Gasteiger partial charge in [0.05, 0.1) is 11.2 Å². The zero-order chi connectivity index (χ0) is 14.4. The number of benzene rings is 1. The third-order valence-corrected chi connectivity index (χ3v) is 3.82. The van der Waals surface area contributed by atoms with Crippen LogP contribution in [0.2, 0.25) is 0 Å². The largest absolute Gasteiger partial charge is 0.311 e. The normalized spacial score (nSPS) is 11.9. The number of nitrogens with one attached hydrogen (secondary N) is 1. The number of nitrogens with zero attached hydrogens (tertiary/aromatic N) is 1. The molecule has 20 heavy (non-hydrogen) atoms. The van der Waals surface area contributed by atoms with E-state index in [0.29, 0.717) is 0 Å². The molecule has 2 nitrogen and oxygen atoms in total. The molecule has 0 spiro atoms. The number of pyridine rings is 1. The topological polar surface area (TPSA) is 24.9 Å². The van der Waals surface area contributed by atoms with Crippen LogP contribution in [0.5, 0.6) is 0 Å². The minimum Gasteiger partial charge on any atom is -0.311 e. The molecule has 0 bridgehead atoms. The van der Waals surface area contributed by atoms with E-state index in [2.05, 4.69) is 48.4 Å². The summed E-state index contributed by atoms with van der Waals surface area (Å²) in [4.78, 5) is 4.67. The van der Waals surface area contributed by atoms with Gasteiger partial charge in [0.2, 0.25) is 0 Å². The standard InChI is InChI=1S/C17H23ClN2/c1-17(2,10-5-11-18)13-19-12-15-9-8-14-6-3-4-7-16(14)20-15/h3-4,6-9,19H,5,10-13H2,1-2H3. The van der Waals surface area contributed by atoms with Crippen LogP contribution in [0.4, 0.5) is 0 Å². The van der Waals surface area contributed by atoms with Crippen molar-refractivity contribution in [1.82, 2.24) is 10.3 Å². The van der Waals surface area contributed by atoms with Crippen molar-refractivity contribution in [3.8, 4) is 0 Å². The highest BCUT2D eigenvalue weighted by molar-refractivity contribution is 6.17. The van der Waals surface area contributed by atoms with Gasteiger partial charge in [-0.3, -0.25) is 4.98 Å². The molecule has 0 amide bonds. The van der Waals surface area contributed by atoms with Crippen LogP contribution < -0.4 is 5.32 Å². The molecule has 0 unspecified atom stereocenters. The Bertz CT molecular complexity index is 551. The molecule has 2 aromatic rings. The van der Waals surface area contributed by atoms with Crippen molar-refractivity contribution in [2.45, 2.75) is 33.2 Å². The van der Waals surface area contributed by atoms with Gasteiger partial charge in [0.1, 0.15) is 0 Å². The van der Waals surface area contributed by atoms with E-state index >= 15 is 0 Å². The Hall–Kier alpha value is -1.12. The van der Waals surface area contributed by atoms with Gasteiger partial charge in [0.15, 0.2) is 0 Å². The Labute approximate surface area is 126 Å². The Balaban J connectivity index is 1.89. The average Bonchev–Trinajstić information content (AvgIpc) is 2.45. The Morgan fingerprint density at radius 1 is 1.15 bits per heavy atom. The molecule has 3 heteroatoms. The summed E-state index contributed by atoms with van der Waals surface area (Å²) in [6.45, 7) is 6.36. The van der Waals surface area contributed by atoms with Gasteiger partial charge in [0.25, 0.3) is 0 Å². The second-order valence-electron chi connectivity index (χ2n) is 6.06. The maximum atomic E-state index is 5.76. The van der Waals surface area contributed by atoms with Gasteiger partial charge in [-0.25, -0.2) is 0 Å². The maximum Gasteiger partial charge on any atom is 0.0705 e. The molecule has 0 aliphatic rings. The van der Waals surface area contributed by atoms with E-state index in [1.54, 1.807) is 0 Å². The first-order valence-electron chi connectivity index (χ1n) is 7.22. The Morgan fingerprint density at radius 2 is 1.95 bits per heavy atom. The van der Waals surface area contributed by atoms with E-state index < -0.39 is 0 Å². The molecule has 0 saturated carbocycles. The predicted molar refractivity (Wildman–Crippen MR) is 87.2 cm³/mol. The molecular weight excluding hydrogens is 268 g/mol. The molecule has 0 atom stereocenters. The molecule has 1 aromatic heterocycles. The molecule has 0 aliphatic heterocycles. The van der Waals surface area contributed by atoms with Gasteiger partial charge in [0, 0.05) is 24.4 Å². The maximum absolute atomic E-state index is 5.76. The first-order chi connectivity index (χ1) is 9.61. The number of alkyl halides is 1. The fraction of sp³-hybridized carbons (Fsp3) is 0.471. The summed E-state index contributed by atoms with van der Waals surface area (Å²) in [6, 6.07) is 12.5. The second-order valence-corrected chi connectivity index (χ2v) is 6.43. The van der Waals surface area contributed by atoms with Gasteiger partial charge in [-0.05, 0) is 30.4 Å². The summed E-state index contributed by atoms with van der Waals surface area (Å²) in [5.41, 5.74) is 2.44. The summed E-state index contributed by atoms with van der Waals surface area (Å²) >= 11 is 5.76. The quantitative estimate of drug-likeness (QED) is 0.766. The summed E-state index contributed by atoms with van der Waals surface area (Å²) in [7, 11) is 0. The van der Waals surface area contributed by atoms with E-state index in [9.17, 15) is 0 Å². The van der Waals surface area contributed by atoms with Gasteiger partial charge >= 0.3 is 0 Å². The van der Waals surface area contributed by atoms with Crippen LogP contribution in [0.1, 0.15) is 32.4 Å². The molecule has 2 rings (SSSR count). The van der Waals surface area contributed by atoms with Crippen molar-refractivity contribution in [1.29, 1.82) is 0 Å². The van der Waals surface area contributed by atoms with Crippen LogP contribution in [0.15, 0.2) is 36.4 Å². The van der Waals surface area contributed by atoms with Gasteiger partial charge < -0.3 is 5.32 Å². The van der Waals surface area contributed by atoms with Gasteiger partial charge in [-0.2, -0.15) is 0 Å². The average molecular weight is 291 g/mol. The highest BCUT2D eigenvalue weighted by atomic mass is 35.5. The van der Waals surface area contributed by atoms with Crippen LogP contribution in [0.3, 0.4) is 0 Å². The number of hydrogen-bond donors (Lipinski definition) is 1. The lowest BCUT2D eigenvalue weighted by Crippen LogP contribution is -2.29. The van der Waals surface area contributed by atoms with Crippen LogP contribution in [-0.2, 0) is 6.54 Å². The van der Waals surface area contributed by atoms with Crippen molar-refractivity contribution in [2.24, 2.45) is 5.41 Å². The fourth-order valence-corrected chi connectivity index (χ4v) is 2.50. The molecule has 0 fully saturated rings. The van der Waals surface area contributed by atoms with Crippen LogP contribution in [0.25, 0.3) is 10.9 Å². The van der Waals surface area contributed by atoms with E-state index in [-0.39, 0.29) is 5.41 Å². The Morgan fingerprint density at radius 3 is 2.75 bits per heavy atom. The highest BCUT2D eigenvalue weighted by Gasteiger charge is 2.16. The van der Waals surface area contributed by atoms with E-state index in [1.165, 1.54) is 5.39 Å². The molecule has 0 saturated heterocycles. The van der Waals surface area contributed by atoms with Crippen LogP contribution in [0, 0.1) is 5.41 Å². The van der Waals surface area contributed by atoms with Crippen molar-refractivity contribution < 1.29 is 0 Å². The summed E-state index contributed by atoms with van der Waals surface area (Å²) in [5.74, 6) is 0.746. The fourth-order valence-electron chi connectivity index (χ4n) is 2.37. The smallest absolute Gasteiger partial charge is 0.0705 e. The summed E-state index contributed by atoms with van der Waals surface area (Å²) in [5, 5.41) is 4.70. The number of fused-ring (bicyclic) bond motifs is 1. The third-order valence-electron chi connectivity index (χ3n) is 3.55. The summed E-state index contributed by atoms with van der Waals surface area (Å²) < 4.78 is 0. The molecule has 1 heterocycles. The molecule has 1 N–H and O–H groups in total. The minimum atomic E-state index is 0.283. The molecule has 0 radical (unpaired) electrons. The zero-order valence-electron chi connectivity index (χ0n) is 12.3. The lowest BCUT2D eigenvalue weighted by molar-refractivity contribution is 0.311. The van der Waals surface area contributed by atoms with Gasteiger partial charge in [-0.15, -0.1) is 11.6 Å². The van der Waals surface area contributed by atoms with E-state index in [0.717, 1.165) is 43.0 Å². The molecule has 1 aromatic carbocycles. The minimum absolute atomic E-state index is 0.283. The van der Waals surface area contributed by atoms with Crippen molar-refractivity contribution in [3.63, 3.8) is 0 Å². The van der Waals surface area contributed by atoms with Crippen molar-refractivity contribution >= 4 is 22.5 Å². The third kappa shape index (κ3) is 4.46. The first-order valence-corrected chi connectivity index (χ1v) is 7.75. The predicted octanol–water partition coefficient (Wildman–Crippen LogP) is 4.37. The lowest BCUT2D eigenvalue weighted by Gasteiger charge is -2.24. The molecule has 108 valence electrons. The van der Waals surface area contributed by atoms with Crippen LogP contribution in [-0.4, -0.2) is 17.4 Å². The number of hydrogen-bond acceptors (Lipinski definition) is 2. The molecular formula is C17H23ClN2. The van der Waals surface area contributed by atoms with Crippen LogP contribution >= 0.6 is 11.6 Å². The van der Waals surface area contributed by atoms with Crippen molar-refractivity contribution in [3.05, 3.63) is 42.1 Å². The summed E-state index contributed by atoms with van der Waals surface area (Å²) in [6.07, 6.45) is 2.22. The van der Waals surface area contributed by atoms with E-state index in [4.69, 9.17) is 11.6 Å². The first kappa shape index (κ1) is 15.3. The Kier molecular flexibility index (Phi) is 5.38. The lowest BCUT2D eigenvalue weighted by atomic mass is 9.88. The number of rotatable bonds is 7. The number of para-hydroxylation sites is 1. The zero-order valence-corrected chi connectivity index (χ0v) is 13.1. The van der Waals surface area contributed by atoms with E-state index in [1.807, 2.05) is 12.1 Å². The van der Waals surface area contributed by atoms with Gasteiger partial charge in [-0.1, -0.05) is 38.1 Å². The SMILES string of the molecule is CC(C)(CCCCl)CNCc1ccc2ccccc2n1.